The monoisotopic (exact) mass is 695 g/mol. The molecule has 7 rings (SSSR count). The third-order valence-electron chi connectivity index (χ3n) is 6.70. The molecule has 4 aromatic carbocycles. The van der Waals surface area contributed by atoms with Crippen LogP contribution in [0.5, 0.6) is 0 Å². The fourth-order valence-corrected chi connectivity index (χ4v) is 4.76. The molecule has 0 atom stereocenters. The van der Waals surface area contributed by atoms with E-state index in [0.717, 1.165) is 50.9 Å². The second-order valence-corrected chi connectivity index (χ2v) is 9.13. The molecule has 3 aromatic heterocycles. The molecular formula is C36H26IrN2O-2. The van der Waals surface area contributed by atoms with Crippen LogP contribution in [0.25, 0.3) is 55.6 Å². The number of furan rings is 1. The first-order valence-corrected chi connectivity index (χ1v) is 13.1. The summed E-state index contributed by atoms with van der Waals surface area (Å²) >= 11 is 0. The summed E-state index contributed by atoms with van der Waals surface area (Å²) in [5, 5.41) is 2.25. The van der Waals surface area contributed by atoms with Crippen molar-refractivity contribution in [3.05, 3.63) is 145 Å². The number of aromatic nitrogens is 2. The molecule has 0 saturated carbocycles. The first kappa shape index (κ1) is 27.2. The molecule has 0 aliphatic carbocycles. The van der Waals surface area contributed by atoms with Crippen molar-refractivity contribution >= 4 is 21.9 Å². The maximum absolute atomic E-state index is 6.07. The van der Waals surface area contributed by atoms with Gasteiger partial charge in [0.25, 0.3) is 0 Å². The van der Waals surface area contributed by atoms with E-state index in [1.54, 1.807) is 6.20 Å². The fourth-order valence-electron chi connectivity index (χ4n) is 4.76. The zero-order valence-electron chi connectivity index (χ0n) is 22.0. The van der Waals surface area contributed by atoms with Crippen LogP contribution in [-0.4, -0.2) is 9.97 Å². The Balaban J connectivity index is 0.000000159. The van der Waals surface area contributed by atoms with Crippen LogP contribution in [0.15, 0.2) is 132 Å². The predicted molar refractivity (Wildman–Crippen MR) is 159 cm³/mol. The largest absolute Gasteiger partial charge is 0.501 e. The van der Waals surface area contributed by atoms with Gasteiger partial charge in [-0.15, -0.1) is 53.6 Å². The van der Waals surface area contributed by atoms with E-state index in [-0.39, 0.29) is 20.1 Å². The van der Waals surface area contributed by atoms with Gasteiger partial charge < -0.3 is 14.4 Å². The Bertz CT molecular complexity index is 1790. The summed E-state index contributed by atoms with van der Waals surface area (Å²) in [5.74, 6) is 0. The van der Waals surface area contributed by atoms with Gasteiger partial charge in [-0.05, 0) is 41.6 Å². The first-order valence-electron chi connectivity index (χ1n) is 13.1. The van der Waals surface area contributed by atoms with Crippen LogP contribution in [0.3, 0.4) is 0 Å². The number of rotatable bonds is 4. The van der Waals surface area contributed by atoms with Crippen molar-refractivity contribution in [2.75, 3.05) is 0 Å². The van der Waals surface area contributed by atoms with E-state index in [4.69, 9.17) is 4.42 Å². The number of hydrogen-bond acceptors (Lipinski definition) is 3. The Morgan fingerprint density at radius 3 is 2.27 bits per heavy atom. The van der Waals surface area contributed by atoms with Gasteiger partial charge in [0.15, 0.2) is 0 Å². The number of fused-ring (bicyclic) bond motifs is 3. The van der Waals surface area contributed by atoms with Crippen LogP contribution in [-0.2, 0) is 26.5 Å². The van der Waals surface area contributed by atoms with Crippen molar-refractivity contribution in [3.63, 3.8) is 0 Å². The molecule has 4 heteroatoms. The molecule has 1 radical (unpaired) electrons. The van der Waals surface area contributed by atoms with Gasteiger partial charge in [0.2, 0.25) is 0 Å². The molecule has 0 saturated heterocycles. The molecule has 0 aliphatic rings. The molecule has 3 heterocycles. The number of nitrogens with zero attached hydrogens (tertiary/aromatic N) is 2. The minimum atomic E-state index is 0. The minimum Gasteiger partial charge on any atom is -0.501 e. The molecule has 0 fully saturated rings. The van der Waals surface area contributed by atoms with Crippen molar-refractivity contribution in [1.82, 2.24) is 9.97 Å². The summed E-state index contributed by atoms with van der Waals surface area (Å²) in [7, 11) is 0. The van der Waals surface area contributed by atoms with Gasteiger partial charge in [-0.1, -0.05) is 90.2 Å². The smallest absolute Gasteiger partial charge is 0.120 e. The minimum absolute atomic E-state index is 0. The van der Waals surface area contributed by atoms with Crippen molar-refractivity contribution in [1.29, 1.82) is 0 Å². The van der Waals surface area contributed by atoms with Gasteiger partial charge in [-0.3, -0.25) is 0 Å². The van der Waals surface area contributed by atoms with Gasteiger partial charge in [-0.2, -0.15) is 0 Å². The van der Waals surface area contributed by atoms with Crippen molar-refractivity contribution in [3.8, 4) is 33.6 Å². The van der Waals surface area contributed by atoms with Crippen molar-refractivity contribution < 1.29 is 24.5 Å². The molecule has 3 nitrogen and oxygen atoms in total. The molecule has 197 valence electrons. The van der Waals surface area contributed by atoms with E-state index in [1.807, 2.05) is 79.0 Å². The first-order chi connectivity index (χ1) is 19.3. The quantitative estimate of drug-likeness (QED) is 0.173. The van der Waals surface area contributed by atoms with E-state index in [2.05, 4.69) is 71.5 Å². The van der Waals surface area contributed by atoms with Gasteiger partial charge in [0, 0.05) is 37.9 Å². The Kier molecular flexibility index (Phi) is 8.61. The predicted octanol–water partition coefficient (Wildman–Crippen LogP) is 9.22. The van der Waals surface area contributed by atoms with Crippen LogP contribution in [0, 0.1) is 12.1 Å². The molecule has 0 aliphatic heterocycles. The molecule has 0 unspecified atom stereocenters. The van der Waals surface area contributed by atoms with Gasteiger partial charge in [-0.25, -0.2) is 0 Å². The summed E-state index contributed by atoms with van der Waals surface area (Å²) < 4.78 is 6.07. The number of pyridine rings is 2. The molecule has 0 bridgehead atoms. The Morgan fingerprint density at radius 2 is 1.45 bits per heavy atom. The van der Waals surface area contributed by atoms with Gasteiger partial charge in [0.05, 0.1) is 5.58 Å². The fraction of sp³-hybridized carbons (Fsp3) is 0.0556. The standard InChI is InChI=1S/C19H14NO.C17H12N.Ir/c1-2-13-7-6-12-20-18(13)16-10-5-9-15-14-8-3-4-11-17(14)21-19(15)16;1-2-7-14(8-3-1)15-9-6-10-16(13-15)17-11-4-5-12-18-17;/h3-9,11-12H,2H2,1H3;1-9,11-13H;/q2*-1;. The van der Waals surface area contributed by atoms with Crippen LogP contribution < -0.4 is 0 Å². The maximum Gasteiger partial charge on any atom is 0.120 e. The SMILES string of the molecule is CCc1cccnc1-c1[c-]ccc2c1oc1ccccc12.[Ir].[c-]1ccc(-c2ccccc2)cc1-c1ccccn1. The zero-order valence-corrected chi connectivity index (χ0v) is 24.4. The molecule has 7 aromatic rings. The molecule has 40 heavy (non-hydrogen) atoms. The van der Waals surface area contributed by atoms with E-state index < -0.39 is 0 Å². The Morgan fingerprint density at radius 1 is 0.675 bits per heavy atom. The summed E-state index contributed by atoms with van der Waals surface area (Å²) in [6.45, 7) is 2.14. The summed E-state index contributed by atoms with van der Waals surface area (Å²) in [6, 6.07) is 45.1. The summed E-state index contributed by atoms with van der Waals surface area (Å²) in [4.78, 5) is 8.90. The van der Waals surface area contributed by atoms with E-state index >= 15 is 0 Å². The van der Waals surface area contributed by atoms with Crippen molar-refractivity contribution in [2.24, 2.45) is 0 Å². The average molecular weight is 695 g/mol. The van der Waals surface area contributed by atoms with E-state index in [9.17, 15) is 0 Å². The van der Waals surface area contributed by atoms with E-state index in [0.29, 0.717) is 0 Å². The van der Waals surface area contributed by atoms with Crippen LogP contribution >= 0.6 is 0 Å². The molecule has 0 spiro atoms. The van der Waals surface area contributed by atoms with Crippen molar-refractivity contribution in [2.45, 2.75) is 13.3 Å². The van der Waals surface area contributed by atoms with Gasteiger partial charge >= 0.3 is 0 Å². The third-order valence-corrected chi connectivity index (χ3v) is 6.70. The van der Waals surface area contributed by atoms with Crippen LogP contribution in [0.4, 0.5) is 0 Å². The average Bonchev–Trinajstić information content (AvgIpc) is 3.41. The number of benzene rings is 4. The van der Waals surface area contributed by atoms with Crippen LogP contribution in [0.1, 0.15) is 12.5 Å². The number of aryl methyl sites for hydroxylation is 1. The second-order valence-electron chi connectivity index (χ2n) is 9.13. The topological polar surface area (TPSA) is 38.9 Å². The summed E-state index contributed by atoms with van der Waals surface area (Å²) in [6.07, 6.45) is 4.57. The van der Waals surface area contributed by atoms with Gasteiger partial charge in [0.1, 0.15) is 5.58 Å². The number of hydrogen-bond donors (Lipinski definition) is 0. The number of para-hydroxylation sites is 1. The normalized spacial score (nSPS) is 10.5. The summed E-state index contributed by atoms with van der Waals surface area (Å²) in [5.41, 5.74) is 9.27. The Hall–Kier alpha value is -4.37. The second kappa shape index (κ2) is 12.7. The molecule has 0 amide bonds. The van der Waals surface area contributed by atoms with E-state index in [1.165, 1.54) is 16.7 Å². The zero-order chi connectivity index (χ0) is 26.4. The molecule has 0 N–H and O–H groups in total. The maximum atomic E-state index is 6.07. The Labute approximate surface area is 247 Å². The van der Waals surface area contributed by atoms with Crippen LogP contribution in [0.2, 0.25) is 0 Å². The third kappa shape index (κ3) is 5.65. The molecular weight excluding hydrogens is 669 g/mol.